The van der Waals surface area contributed by atoms with E-state index in [1.165, 1.54) is 10.6 Å². The van der Waals surface area contributed by atoms with Crippen LogP contribution in [0.5, 0.6) is 17.6 Å². The molecule has 0 aliphatic heterocycles. The van der Waals surface area contributed by atoms with Crippen LogP contribution in [0.3, 0.4) is 0 Å². The van der Waals surface area contributed by atoms with Crippen molar-refractivity contribution in [3.63, 3.8) is 0 Å². The SMILES string of the molecule is CNc1nc(OCCOc2ccc(Cl)c(C(F)(F)F)c2)n(Cc2ccc(Cl)cc2)c1O. The van der Waals surface area contributed by atoms with Crippen molar-refractivity contribution in [3.05, 3.63) is 63.6 Å². The molecule has 0 unspecified atom stereocenters. The first-order chi connectivity index (χ1) is 14.7. The van der Waals surface area contributed by atoms with E-state index in [1.54, 1.807) is 31.3 Å². The van der Waals surface area contributed by atoms with Gasteiger partial charge in [-0.15, -0.1) is 0 Å². The van der Waals surface area contributed by atoms with E-state index in [0.717, 1.165) is 17.7 Å². The molecule has 166 valence electrons. The summed E-state index contributed by atoms with van der Waals surface area (Å²) in [5.41, 5.74) is -0.128. The van der Waals surface area contributed by atoms with Crippen LogP contribution in [0.15, 0.2) is 42.5 Å². The zero-order chi connectivity index (χ0) is 22.6. The molecular weight excluding hydrogens is 458 g/mol. The summed E-state index contributed by atoms with van der Waals surface area (Å²) in [6.07, 6.45) is -4.58. The molecule has 0 aliphatic carbocycles. The predicted octanol–water partition coefficient (Wildman–Crippen LogP) is 5.46. The van der Waals surface area contributed by atoms with Gasteiger partial charge in [0, 0.05) is 12.1 Å². The average molecular weight is 476 g/mol. The Hall–Kier alpha value is -2.78. The molecule has 0 aliphatic rings. The minimum Gasteiger partial charge on any atom is -0.492 e. The topological polar surface area (TPSA) is 68.5 Å². The van der Waals surface area contributed by atoms with E-state index in [-0.39, 0.29) is 43.2 Å². The number of halogens is 5. The van der Waals surface area contributed by atoms with Crippen LogP contribution in [0.2, 0.25) is 10.0 Å². The van der Waals surface area contributed by atoms with Gasteiger partial charge in [0.25, 0.3) is 0 Å². The average Bonchev–Trinajstić information content (AvgIpc) is 3.02. The smallest absolute Gasteiger partial charge is 0.417 e. The van der Waals surface area contributed by atoms with E-state index < -0.39 is 16.8 Å². The number of benzene rings is 2. The molecule has 0 saturated heterocycles. The minimum atomic E-state index is -4.58. The van der Waals surface area contributed by atoms with Gasteiger partial charge >= 0.3 is 12.2 Å². The lowest BCUT2D eigenvalue weighted by Crippen LogP contribution is -2.13. The van der Waals surface area contributed by atoms with Crippen molar-refractivity contribution >= 4 is 29.0 Å². The van der Waals surface area contributed by atoms with Gasteiger partial charge in [0.05, 0.1) is 17.1 Å². The Balaban J connectivity index is 1.66. The van der Waals surface area contributed by atoms with Gasteiger partial charge in [0.15, 0.2) is 5.82 Å². The molecule has 1 aromatic heterocycles. The lowest BCUT2D eigenvalue weighted by molar-refractivity contribution is -0.137. The molecule has 2 aromatic carbocycles. The monoisotopic (exact) mass is 475 g/mol. The normalized spacial score (nSPS) is 11.4. The molecule has 3 aromatic rings. The van der Waals surface area contributed by atoms with Gasteiger partial charge in [-0.1, -0.05) is 35.3 Å². The van der Waals surface area contributed by atoms with Crippen LogP contribution >= 0.6 is 23.2 Å². The Morgan fingerprint density at radius 1 is 1.06 bits per heavy atom. The Morgan fingerprint density at radius 3 is 2.39 bits per heavy atom. The van der Waals surface area contributed by atoms with Gasteiger partial charge in [-0.25, -0.2) is 0 Å². The number of nitrogens with one attached hydrogen (secondary N) is 1. The molecule has 0 saturated carbocycles. The fraction of sp³-hybridized carbons (Fsp3) is 0.250. The van der Waals surface area contributed by atoms with Crippen molar-refractivity contribution < 1.29 is 27.8 Å². The highest BCUT2D eigenvalue weighted by atomic mass is 35.5. The third kappa shape index (κ3) is 5.68. The number of nitrogens with zero attached hydrogens (tertiary/aromatic N) is 2. The summed E-state index contributed by atoms with van der Waals surface area (Å²) in [5, 5.41) is 13.3. The Kier molecular flexibility index (Phi) is 7.07. The van der Waals surface area contributed by atoms with Gasteiger partial charge in [-0.2, -0.15) is 18.2 Å². The van der Waals surface area contributed by atoms with E-state index in [1.807, 2.05) is 0 Å². The molecule has 0 radical (unpaired) electrons. The second-order valence-electron chi connectivity index (χ2n) is 6.37. The van der Waals surface area contributed by atoms with Crippen molar-refractivity contribution in [2.75, 3.05) is 25.6 Å². The lowest BCUT2D eigenvalue weighted by atomic mass is 10.2. The summed E-state index contributed by atoms with van der Waals surface area (Å²) in [6.45, 7) is 0.187. The molecule has 1 heterocycles. The summed E-state index contributed by atoms with van der Waals surface area (Å²) in [4.78, 5) is 4.18. The maximum absolute atomic E-state index is 12.9. The van der Waals surface area contributed by atoms with Crippen LogP contribution in [-0.2, 0) is 12.7 Å². The molecule has 6 nitrogen and oxygen atoms in total. The van der Waals surface area contributed by atoms with E-state index in [4.69, 9.17) is 32.7 Å². The van der Waals surface area contributed by atoms with Crippen LogP contribution in [0.25, 0.3) is 0 Å². The summed E-state index contributed by atoms with van der Waals surface area (Å²) in [7, 11) is 1.60. The number of hydrogen-bond acceptors (Lipinski definition) is 5. The number of alkyl halides is 3. The second kappa shape index (κ2) is 9.57. The summed E-state index contributed by atoms with van der Waals surface area (Å²) in [6, 6.07) is 10.4. The highest BCUT2D eigenvalue weighted by molar-refractivity contribution is 6.31. The standard InChI is InChI=1S/C20H18Cl2F3N3O3/c1-26-17-18(29)28(11-12-2-4-13(21)5-3-12)19(27-17)31-9-8-30-14-6-7-16(22)15(10-14)20(23,24)25/h2-7,10,26,29H,8-9,11H2,1H3. The van der Waals surface area contributed by atoms with Gasteiger partial charge < -0.3 is 19.9 Å². The first-order valence-electron chi connectivity index (χ1n) is 9.03. The summed E-state index contributed by atoms with van der Waals surface area (Å²) in [5.74, 6) is 0.0990. The lowest BCUT2D eigenvalue weighted by Gasteiger charge is -2.13. The zero-order valence-electron chi connectivity index (χ0n) is 16.2. The molecule has 0 atom stereocenters. The van der Waals surface area contributed by atoms with E-state index in [2.05, 4.69) is 10.3 Å². The molecule has 0 bridgehead atoms. The first-order valence-corrected chi connectivity index (χ1v) is 9.78. The minimum absolute atomic E-state index is 0.00333. The quantitative estimate of drug-likeness (QED) is 0.423. The highest BCUT2D eigenvalue weighted by Crippen LogP contribution is 2.36. The third-order valence-electron chi connectivity index (χ3n) is 4.22. The van der Waals surface area contributed by atoms with Crippen LogP contribution < -0.4 is 14.8 Å². The first kappa shape index (κ1) is 22.9. The van der Waals surface area contributed by atoms with Gasteiger partial charge in [0.1, 0.15) is 19.0 Å². The molecule has 31 heavy (non-hydrogen) atoms. The van der Waals surface area contributed by atoms with Gasteiger partial charge in [-0.05, 0) is 35.9 Å². The summed E-state index contributed by atoms with van der Waals surface area (Å²) >= 11 is 11.5. The van der Waals surface area contributed by atoms with Crippen molar-refractivity contribution in [3.8, 4) is 17.6 Å². The fourth-order valence-corrected chi connectivity index (χ4v) is 3.07. The van der Waals surface area contributed by atoms with Gasteiger partial charge in [0.2, 0.25) is 5.88 Å². The zero-order valence-corrected chi connectivity index (χ0v) is 17.7. The number of imidazole rings is 1. The van der Waals surface area contributed by atoms with E-state index in [9.17, 15) is 18.3 Å². The van der Waals surface area contributed by atoms with E-state index >= 15 is 0 Å². The molecule has 11 heteroatoms. The fourth-order valence-electron chi connectivity index (χ4n) is 2.72. The van der Waals surface area contributed by atoms with Crippen molar-refractivity contribution in [1.82, 2.24) is 9.55 Å². The molecule has 0 spiro atoms. The Labute approximate surface area is 186 Å². The number of anilines is 1. The summed E-state index contributed by atoms with van der Waals surface area (Å²) < 4.78 is 51.2. The highest BCUT2D eigenvalue weighted by Gasteiger charge is 2.33. The van der Waals surface area contributed by atoms with Crippen LogP contribution in [0, 0.1) is 0 Å². The van der Waals surface area contributed by atoms with Crippen LogP contribution in [0.1, 0.15) is 11.1 Å². The molecular formula is C20H18Cl2F3N3O3. The van der Waals surface area contributed by atoms with Crippen molar-refractivity contribution in [2.45, 2.75) is 12.7 Å². The molecule has 3 rings (SSSR count). The Morgan fingerprint density at radius 2 is 1.74 bits per heavy atom. The second-order valence-corrected chi connectivity index (χ2v) is 7.21. The number of aromatic hydroxyl groups is 1. The number of hydrogen-bond donors (Lipinski definition) is 2. The van der Waals surface area contributed by atoms with Crippen LogP contribution in [-0.4, -0.2) is 34.9 Å². The maximum atomic E-state index is 12.9. The molecule has 0 amide bonds. The van der Waals surface area contributed by atoms with Crippen molar-refractivity contribution in [1.29, 1.82) is 0 Å². The molecule has 0 fully saturated rings. The third-order valence-corrected chi connectivity index (χ3v) is 4.80. The van der Waals surface area contributed by atoms with Gasteiger partial charge in [-0.3, -0.25) is 4.57 Å². The number of ether oxygens (including phenoxy) is 2. The van der Waals surface area contributed by atoms with Crippen LogP contribution in [0.4, 0.5) is 19.0 Å². The number of aromatic nitrogens is 2. The molecule has 2 N–H and O–H groups in total. The predicted molar refractivity (Wildman–Crippen MR) is 111 cm³/mol. The van der Waals surface area contributed by atoms with Crippen molar-refractivity contribution in [2.24, 2.45) is 0 Å². The van der Waals surface area contributed by atoms with E-state index in [0.29, 0.717) is 5.02 Å². The Bertz CT molecular complexity index is 1040. The largest absolute Gasteiger partial charge is 0.492 e. The maximum Gasteiger partial charge on any atom is 0.417 e. The number of rotatable bonds is 8.